The summed E-state index contributed by atoms with van der Waals surface area (Å²) in [6.07, 6.45) is 8.75. The van der Waals surface area contributed by atoms with Crippen LogP contribution in [-0.4, -0.2) is 6.71 Å². The molecule has 1 nitrogen and oxygen atoms in total. The van der Waals surface area contributed by atoms with E-state index in [4.69, 9.17) is 4.42 Å². The molecule has 0 amide bonds. The fraction of sp³-hybridized carbons (Fsp3) is 0.372. The first-order valence-electron chi connectivity index (χ1n) is 32.5. The fourth-order valence-corrected chi connectivity index (χ4v) is 11.7. The number of para-hydroxylation sites is 2. The smallest absolute Gasteiger partial charge is 0.238 e. The van der Waals surface area contributed by atoms with Gasteiger partial charge in [0.15, 0.2) is 0 Å². The largest absolute Gasteiger partial charge is 0.456 e. The van der Waals surface area contributed by atoms with Crippen molar-refractivity contribution in [3.8, 4) is 11.1 Å². The van der Waals surface area contributed by atoms with Crippen LogP contribution in [0.5, 0.6) is 0 Å². The van der Waals surface area contributed by atoms with Gasteiger partial charge in [-0.1, -0.05) is 340 Å². The van der Waals surface area contributed by atoms with E-state index in [0.717, 1.165) is 24.0 Å². The average Bonchev–Trinajstić information content (AvgIpc) is 1.24. The number of rotatable bonds is 10. The summed E-state index contributed by atoms with van der Waals surface area (Å²) in [5, 5.41) is 2.41. The molecule has 0 radical (unpaired) electrons. The SMILES string of the molecule is C/C=C/C(=C\C(C)=C(/Cc1ccc(C(C)(C)C)cc1)B(c1cc(C(C)(C)C)ccc1C)c1cc(C(C)(C)C)ccc1C)Cc1ccc(C(C)(C)C)cc1.Cc1ccc(C(C)(C)C)cc1-c1ccc(C(C)(C)C)cc1.Cc1cccc2c1oc1ccccc12. The third kappa shape index (κ3) is 17.4. The minimum Gasteiger partial charge on any atom is -0.456 e. The Morgan fingerprint density at radius 2 is 0.795 bits per heavy atom. The van der Waals surface area contributed by atoms with Crippen molar-refractivity contribution in [3.63, 3.8) is 0 Å². The van der Waals surface area contributed by atoms with E-state index in [-0.39, 0.29) is 39.2 Å². The number of fused-ring (bicyclic) bond motifs is 3. The van der Waals surface area contributed by atoms with Crippen LogP contribution in [0.3, 0.4) is 0 Å². The monoisotopic (exact) mass is 1170 g/mol. The van der Waals surface area contributed by atoms with Gasteiger partial charge in [0.05, 0.1) is 0 Å². The number of benzene rings is 8. The first kappa shape index (κ1) is 68.3. The summed E-state index contributed by atoms with van der Waals surface area (Å²) in [6.45, 7) is 54.8. The Bertz CT molecular complexity index is 3850. The molecular formula is C86H107BO. The van der Waals surface area contributed by atoms with Crippen LogP contribution in [0.15, 0.2) is 209 Å². The molecule has 2 heteroatoms. The lowest BCUT2D eigenvalue weighted by Gasteiger charge is -2.29. The lowest BCUT2D eigenvalue weighted by molar-refractivity contribution is 0.589. The zero-order valence-corrected chi connectivity index (χ0v) is 58.8. The van der Waals surface area contributed by atoms with Gasteiger partial charge in [0, 0.05) is 10.8 Å². The maximum atomic E-state index is 5.78. The molecule has 1 heterocycles. The van der Waals surface area contributed by atoms with Gasteiger partial charge in [0.2, 0.25) is 6.71 Å². The van der Waals surface area contributed by atoms with Crippen LogP contribution in [0.1, 0.15) is 205 Å². The Morgan fingerprint density at radius 3 is 1.25 bits per heavy atom. The molecule has 0 fully saturated rings. The first-order valence-corrected chi connectivity index (χ1v) is 32.5. The topological polar surface area (TPSA) is 13.1 Å². The van der Waals surface area contributed by atoms with Crippen LogP contribution in [0.4, 0.5) is 0 Å². The summed E-state index contributed by atoms with van der Waals surface area (Å²) in [5.41, 5.74) is 28.5. The van der Waals surface area contributed by atoms with Crippen molar-refractivity contribution in [2.45, 2.75) is 212 Å². The Morgan fingerprint density at radius 1 is 0.398 bits per heavy atom. The van der Waals surface area contributed by atoms with Crippen molar-refractivity contribution >= 4 is 39.6 Å². The van der Waals surface area contributed by atoms with Gasteiger partial charge < -0.3 is 4.42 Å². The second-order valence-electron chi connectivity index (χ2n) is 31.4. The lowest BCUT2D eigenvalue weighted by Crippen LogP contribution is -2.48. The highest BCUT2D eigenvalue weighted by molar-refractivity contribution is 6.91. The van der Waals surface area contributed by atoms with Crippen molar-refractivity contribution < 1.29 is 4.42 Å². The van der Waals surface area contributed by atoms with Gasteiger partial charge in [-0.05, 0) is 165 Å². The third-order valence-electron chi connectivity index (χ3n) is 17.8. The number of hydrogen-bond acceptors (Lipinski definition) is 1. The molecule has 0 aliphatic rings. The number of furan rings is 1. The summed E-state index contributed by atoms with van der Waals surface area (Å²) in [5.74, 6) is 0. The van der Waals surface area contributed by atoms with Gasteiger partial charge in [-0.25, -0.2) is 0 Å². The molecular weight excluding hydrogens is 1060 g/mol. The molecule has 0 N–H and O–H groups in total. The quantitative estimate of drug-likeness (QED) is 0.0983. The van der Waals surface area contributed by atoms with Gasteiger partial charge in [-0.2, -0.15) is 0 Å². The molecule has 0 unspecified atom stereocenters. The Labute approximate surface area is 535 Å². The number of hydrogen-bond donors (Lipinski definition) is 0. The molecule has 0 aliphatic carbocycles. The van der Waals surface area contributed by atoms with Crippen LogP contribution in [0.2, 0.25) is 0 Å². The molecule has 8 aromatic carbocycles. The molecule has 460 valence electrons. The maximum Gasteiger partial charge on any atom is 0.238 e. The lowest BCUT2D eigenvalue weighted by atomic mass is 9.33. The highest BCUT2D eigenvalue weighted by atomic mass is 16.3. The van der Waals surface area contributed by atoms with E-state index in [9.17, 15) is 0 Å². The second kappa shape index (κ2) is 27.3. The summed E-state index contributed by atoms with van der Waals surface area (Å²) < 4.78 is 5.78. The standard InChI is InChI=1S/C52H69B.C21H28.C13H10O/c1-17-18-41(32-39-21-27-42(28-22-39)49(5,6)7)31-38(4)46(33-40-23-29-43(30-24-40)50(8,9)10)53(47-34-44(51(11,12)13)25-19-36(47)2)48-35-45(52(14,15)16)26-20-37(48)3;1-15-8-11-18(21(5,6)7)14-19(15)16-9-12-17(13-10-16)20(2,3)4;1-9-5-4-7-11-10-6-2-3-8-12(10)14-13(9)11/h17-31,34-35H,32-33H2,1-16H3;8-14H,1-7H3;2-8H,1H3/b18-17+,41-31+,46-38+;;. The average molecular weight is 1170 g/mol. The van der Waals surface area contributed by atoms with E-state index >= 15 is 0 Å². The molecule has 1 aromatic heterocycles. The molecule has 0 aliphatic heterocycles. The van der Waals surface area contributed by atoms with E-state index < -0.39 is 0 Å². The molecule has 88 heavy (non-hydrogen) atoms. The molecule has 0 atom stereocenters. The predicted molar refractivity (Wildman–Crippen MR) is 391 cm³/mol. The van der Waals surface area contributed by atoms with Crippen LogP contribution in [-0.2, 0) is 45.3 Å². The molecule has 0 spiro atoms. The highest BCUT2D eigenvalue weighted by Crippen LogP contribution is 2.35. The third-order valence-corrected chi connectivity index (χ3v) is 17.8. The minimum absolute atomic E-state index is 0.0402. The normalized spacial score (nSPS) is 13.1. The fourth-order valence-electron chi connectivity index (χ4n) is 11.7. The van der Waals surface area contributed by atoms with Gasteiger partial charge >= 0.3 is 0 Å². The molecule has 0 saturated carbocycles. The van der Waals surface area contributed by atoms with Gasteiger partial charge in [0.1, 0.15) is 11.2 Å². The van der Waals surface area contributed by atoms with Crippen molar-refractivity contribution in [2.75, 3.05) is 0 Å². The Hall–Kier alpha value is -7.16. The number of allylic oxidation sites excluding steroid dienone is 6. The van der Waals surface area contributed by atoms with Crippen molar-refractivity contribution in [3.05, 3.63) is 271 Å². The van der Waals surface area contributed by atoms with E-state index in [1.807, 2.05) is 18.2 Å². The zero-order valence-electron chi connectivity index (χ0n) is 58.8. The summed E-state index contributed by atoms with van der Waals surface area (Å²) >= 11 is 0. The van der Waals surface area contributed by atoms with Crippen LogP contribution in [0, 0.1) is 27.7 Å². The van der Waals surface area contributed by atoms with Crippen molar-refractivity contribution in [1.29, 1.82) is 0 Å². The van der Waals surface area contributed by atoms with Gasteiger partial charge in [0.25, 0.3) is 0 Å². The summed E-state index contributed by atoms with van der Waals surface area (Å²) in [4.78, 5) is 0. The van der Waals surface area contributed by atoms with E-state index in [0.29, 0.717) is 0 Å². The van der Waals surface area contributed by atoms with Gasteiger partial charge in [-0.3, -0.25) is 0 Å². The summed E-state index contributed by atoms with van der Waals surface area (Å²) in [6, 6.07) is 63.4. The highest BCUT2D eigenvalue weighted by Gasteiger charge is 2.31. The molecule has 0 saturated heterocycles. The van der Waals surface area contributed by atoms with Crippen molar-refractivity contribution in [2.24, 2.45) is 0 Å². The van der Waals surface area contributed by atoms with E-state index in [1.54, 1.807) is 0 Å². The zero-order chi connectivity index (χ0) is 64.9. The summed E-state index contributed by atoms with van der Waals surface area (Å²) in [7, 11) is 0. The van der Waals surface area contributed by atoms with Crippen LogP contribution < -0.4 is 10.9 Å². The van der Waals surface area contributed by atoms with E-state index in [2.05, 4.69) is 336 Å². The second-order valence-corrected chi connectivity index (χ2v) is 31.4. The number of aryl methyl sites for hydroxylation is 4. The predicted octanol–water partition coefficient (Wildman–Crippen LogP) is 23.1. The minimum atomic E-state index is 0.0402. The van der Waals surface area contributed by atoms with Crippen LogP contribution >= 0.6 is 0 Å². The Kier molecular flexibility index (Phi) is 21.2. The maximum absolute atomic E-state index is 5.78. The molecule has 9 aromatic rings. The van der Waals surface area contributed by atoms with Gasteiger partial charge in [-0.15, -0.1) is 0 Å². The van der Waals surface area contributed by atoms with Crippen LogP contribution in [0.25, 0.3) is 33.1 Å². The Balaban J connectivity index is 0.000000252. The van der Waals surface area contributed by atoms with E-state index in [1.165, 1.54) is 116 Å². The molecule has 0 bridgehead atoms. The first-order chi connectivity index (χ1) is 40.9. The molecule has 9 rings (SSSR count). The van der Waals surface area contributed by atoms with Crippen molar-refractivity contribution in [1.82, 2.24) is 0 Å².